The largest absolute Gasteiger partial charge is 0.416 e. The molecule has 234 valence electrons. The van der Waals surface area contributed by atoms with E-state index in [0.29, 0.717) is 12.0 Å². The van der Waals surface area contributed by atoms with Crippen LogP contribution >= 0.6 is 0 Å². The van der Waals surface area contributed by atoms with Crippen molar-refractivity contribution in [2.45, 2.75) is 25.3 Å². The number of alkyl halides is 6. The number of carbonyl (C=O) groups is 2. The van der Waals surface area contributed by atoms with Crippen LogP contribution in [0.3, 0.4) is 0 Å². The van der Waals surface area contributed by atoms with E-state index in [1.165, 1.54) is 30.2 Å². The van der Waals surface area contributed by atoms with Crippen molar-refractivity contribution in [2.75, 3.05) is 38.7 Å². The summed E-state index contributed by atoms with van der Waals surface area (Å²) in [4.78, 5) is 32.5. The minimum Gasteiger partial charge on any atom is -0.383 e. The molecule has 0 saturated carbocycles. The molecular formula is C31H30F6N4O3. The standard InChI is InChI=1S/C31H30F6N4O3/c1-44-16-15-41(29(43)39-25-6-4-5-24(17-25)31(35,36)37)20-28(42)40(19-21-9-11-23(12-10-21)30(32,33)34)14-13-22-18-38-27-8-3-2-7-26(22)27/h2-12,17-18,38H,13-16,19-20H2,1H3,(H,39,43). The summed E-state index contributed by atoms with van der Waals surface area (Å²) in [6, 6.07) is 15.3. The van der Waals surface area contributed by atoms with Crippen LogP contribution in [0, 0.1) is 0 Å². The van der Waals surface area contributed by atoms with Gasteiger partial charge < -0.3 is 24.8 Å². The van der Waals surface area contributed by atoms with Gasteiger partial charge in [0.1, 0.15) is 6.54 Å². The van der Waals surface area contributed by atoms with E-state index in [-0.39, 0.29) is 31.9 Å². The summed E-state index contributed by atoms with van der Waals surface area (Å²) < 4.78 is 83.8. The Hall–Kier alpha value is -4.52. The van der Waals surface area contributed by atoms with Crippen LogP contribution in [0.15, 0.2) is 79.0 Å². The third-order valence-electron chi connectivity index (χ3n) is 6.95. The number of carbonyl (C=O) groups excluding carboxylic acids is 2. The van der Waals surface area contributed by atoms with E-state index >= 15 is 0 Å². The van der Waals surface area contributed by atoms with Crippen LogP contribution in [-0.4, -0.2) is 60.1 Å². The smallest absolute Gasteiger partial charge is 0.383 e. The lowest BCUT2D eigenvalue weighted by atomic mass is 10.1. The molecule has 0 radical (unpaired) electrons. The number of aromatic nitrogens is 1. The van der Waals surface area contributed by atoms with Crippen molar-refractivity contribution in [3.8, 4) is 0 Å². The number of amides is 3. The van der Waals surface area contributed by atoms with E-state index < -0.39 is 42.0 Å². The molecule has 3 amide bonds. The van der Waals surface area contributed by atoms with Gasteiger partial charge >= 0.3 is 18.4 Å². The molecule has 0 saturated heterocycles. The van der Waals surface area contributed by atoms with Crippen LogP contribution in [-0.2, 0) is 34.8 Å². The number of nitrogens with zero attached hydrogens (tertiary/aromatic N) is 2. The van der Waals surface area contributed by atoms with Crippen molar-refractivity contribution >= 4 is 28.5 Å². The van der Waals surface area contributed by atoms with Gasteiger partial charge in [0.25, 0.3) is 0 Å². The number of rotatable bonds is 11. The Labute approximate surface area is 249 Å². The monoisotopic (exact) mass is 620 g/mol. The third kappa shape index (κ3) is 8.53. The highest BCUT2D eigenvalue weighted by Gasteiger charge is 2.31. The van der Waals surface area contributed by atoms with E-state index in [0.717, 1.165) is 51.7 Å². The second-order valence-corrected chi connectivity index (χ2v) is 10.0. The minimum atomic E-state index is -4.62. The first-order valence-electron chi connectivity index (χ1n) is 13.6. The van der Waals surface area contributed by atoms with Gasteiger partial charge in [0.15, 0.2) is 0 Å². The van der Waals surface area contributed by atoms with Crippen molar-refractivity contribution in [3.05, 3.63) is 101 Å². The van der Waals surface area contributed by atoms with Crippen molar-refractivity contribution in [1.29, 1.82) is 0 Å². The number of methoxy groups -OCH3 is 1. The summed E-state index contributed by atoms with van der Waals surface area (Å²) in [5.41, 5.74) is 0.386. The number of aromatic amines is 1. The zero-order valence-electron chi connectivity index (χ0n) is 23.6. The highest BCUT2D eigenvalue weighted by atomic mass is 19.4. The summed E-state index contributed by atoms with van der Waals surface area (Å²) >= 11 is 0. The summed E-state index contributed by atoms with van der Waals surface area (Å²) in [7, 11) is 1.39. The third-order valence-corrected chi connectivity index (χ3v) is 6.95. The number of benzene rings is 3. The lowest BCUT2D eigenvalue weighted by Crippen LogP contribution is -2.46. The molecule has 0 spiro atoms. The summed E-state index contributed by atoms with van der Waals surface area (Å²) in [5.74, 6) is -0.514. The fourth-order valence-electron chi connectivity index (χ4n) is 4.60. The molecule has 0 aliphatic rings. The topological polar surface area (TPSA) is 77.7 Å². The van der Waals surface area contributed by atoms with Gasteiger partial charge in [0, 0.05) is 49.5 Å². The number of ether oxygens (including phenoxy) is 1. The van der Waals surface area contributed by atoms with E-state index in [4.69, 9.17) is 4.74 Å². The number of fused-ring (bicyclic) bond motifs is 1. The molecule has 7 nitrogen and oxygen atoms in total. The number of hydrogen-bond donors (Lipinski definition) is 2. The number of anilines is 1. The van der Waals surface area contributed by atoms with Crippen LogP contribution < -0.4 is 5.32 Å². The second-order valence-electron chi connectivity index (χ2n) is 10.0. The molecule has 3 aromatic carbocycles. The molecule has 1 heterocycles. The first-order valence-corrected chi connectivity index (χ1v) is 13.6. The number of halogens is 6. The van der Waals surface area contributed by atoms with Crippen molar-refractivity contribution < 1.29 is 40.7 Å². The van der Waals surface area contributed by atoms with Crippen molar-refractivity contribution in [2.24, 2.45) is 0 Å². The lowest BCUT2D eigenvalue weighted by molar-refractivity contribution is -0.138. The molecule has 4 aromatic rings. The van der Waals surface area contributed by atoms with Crippen LogP contribution in [0.4, 0.5) is 36.8 Å². The zero-order chi connectivity index (χ0) is 31.9. The molecule has 2 N–H and O–H groups in total. The number of urea groups is 1. The van der Waals surface area contributed by atoms with E-state index in [2.05, 4.69) is 10.3 Å². The van der Waals surface area contributed by atoms with Gasteiger partial charge in [0.2, 0.25) is 5.91 Å². The van der Waals surface area contributed by atoms with Gasteiger partial charge in [-0.15, -0.1) is 0 Å². The van der Waals surface area contributed by atoms with Gasteiger partial charge in [-0.2, -0.15) is 26.3 Å². The lowest BCUT2D eigenvalue weighted by Gasteiger charge is -2.28. The van der Waals surface area contributed by atoms with Crippen molar-refractivity contribution in [1.82, 2.24) is 14.8 Å². The molecular weight excluding hydrogens is 590 g/mol. The summed E-state index contributed by atoms with van der Waals surface area (Å²) in [5, 5.41) is 3.36. The average Bonchev–Trinajstić information content (AvgIpc) is 3.39. The number of H-pyrrole nitrogens is 1. The van der Waals surface area contributed by atoms with E-state index in [1.54, 1.807) is 0 Å². The quantitative estimate of drug-likeness (QED) is 0.178. The van der Waals surface area contributed by atoms with Crippen LogP contribution in [0.5, 0.6) is 0 Å². The Kier molecular flexibility index (Phi) is 10.2. The maximum absolute atomic E-state index is 13.6. The zero-order valence-corrected chi connectivity index (χ0v) is 23.6. The van der Waals surface area contributed by atoms with Crippen LogP contribution in [0.2, 0.25) is 0 Å². The predicted molar refractivity (Wildman–Crippen MR) is 153 cm³/mol. The molecule has 4 rings (SSSR count). The SMILES string of the molecule is COCCN(CC(=O)N(CCc1c[nH]c2ccccc12)Cc1ccc(C(F)(F)F)cc1)C(=O)Nc1cccc(C(F)(F)F)c1. The first kappa shape index (κ1) is 32.4. The van der Waals surface area contributed by atoms with E-state index in [9.17, 15) is 35.9 Å². The number of nitrogens with one attached hydrogen (secondary N) is 2. The van der Waals surface area contributed by atoms with Gasteiger partial charge in [-0.05, 0) is 53.9 Å². The highest BCUT2D eigenvalue weighted by molar-refractivity contribution is 5.92. The number of hydrogen-bond acceptors (Lipinski definition) is 3. The molecule has 0 aliphatic heterocycles. The Balaban J connectivity index is 1.54. The first-order chi connectivity index (χ1) is 20.8. The Morgan fingerprint density at radius 1 is 0.841 bits per heavy atom. The Bertz CT molecular complexity index is 1570. The van der Waals surface area contributed by atoms with Gasteiger partial charge in [-0.25, -0.2) is 4.79 Å². The fraction of sp³-hybridized carbons (Fsp3) is 0.290. The van der Waals surface area contributed by atoms with Crippen LogP contribution in [0.1, 0.15) is 22.3 Å². The number of para-hydroxylation sites is 1. The Morgan fingerprint density at radius 2 is 1.55 bits per heavy atom. The minimum absolute atomic E-state index is 0.0350. The Morgan fingerprint density at radius 3 is 2.23 bits per heavy atom. The predicted octanol–water partition coefficient (Wildman–Crippen LogP) is 6.96. The molecule has 0 unspecified atom stereocenters. The normalized spacial score (nSPS) is 11.9. The van der Waals surface area contributed by atoms with Gasteiger partial charge in [-0.1, -0.05) is 36.4 Å². The van der Waals surface area contributed by atoms with Gasteiger partial charge in [0.05, 0.1) is 17.7 Å². The van der Waals surface area contributed by atoms with Crippen LogP contribution in [0.25, 0.3) is 10.9 Å². The maximum atomic E-state index is 13.6. The van der Waals surface area contributed by atoms with Gasteiger partial charge in [-0.3, -0.25) is 4.79 Å². The molecule has 0 fully saturated rings. The fourth-order valence-corrected chi connectivity index (χ4v) is 4.60. The molecule has 1 aromatic heterocycles. The summed E-state index contributed by atoms with van der Waals surface area (Å²) in [6.07, 6.45) is -6.90. The second kappa shape index (κ2) is 13.8. The molecule has 13 heteroatoms. The molecule has 0 aliphatic carbocycles. The van der Waals surface area contributed by atoms with Crippen molar-refractivity contribution in [3.63, 3.8) is 0 Å². The molecule has 0 bridgehead atoms. The maximum Gasteiger partial charge on any atom is 0.416 e. The highest BCUT2D eigenvalue weighted by Crippen LogP contribution is 2.31. The molecule has 0 atom stereocenters. The summed E-state index contributed by atoms with van der Waals surface area (Å²) in [6.45, 7) is -0.328. The van der Waals surface area contributed by atoms with E-state index in [1.807, 2.05) is 30.5 Å². The average molecular weight is 621 g/mol. The molecule has 44 heavy (non-hydrogen) atoms.